The van der Waals surface area contributed by atoms with Gasteiger partial charge in [0.2, 0.25) is 5.91 Å². The second-order valence-electron chi connectivity index (χ2n) is 4.83. The minimum atomic E-state index is 0.0910. The number of aryl methyl sites for hydroxylation is 2. The summed E-state index contributed by atoms with van der Waals surface area (Å²) in [5.74, 6) is 0.0910. The minimum absolute atomic E-state index is 0.0910. The van der Waals surface area contributed by atoms with Crippen LogP contribution in [0.2, 0.25) is 0 Å². The Balaban J connectivity index is 1.80. The van der Waals surface area contributed by atoms with Crippen molar-refractivity contribution in [3.63, 3.8) is 0 Å². The smallest absolute Gasteiger partial charge is 0.220 e. The molecule has 0 aliphatic heterocycles. The highest BCUT2D eigenvalue weighted by molar-refractivity contribution is 9.10. The van der Waals surface area contributed by atoms with Crippen LogP contribution in [0, 0.1) is 6.92 Å². The first-order valence-electron chi connectivity index (χ1n) is 6.71. The van der Waals surface area contributed by atoms with E-state index in [2.05, 4.69) is 40.3 Å². The zero-order chi connectivity index (χ0) is 14.4. The number of benzene rings is 2. The number of nitrogens with one attached hydrogen (secondary N) is 1. The first-order valence-corrected chi connectivity index (χ1v) is 7.50. The summed E-state index contributed by atoms with van der Waals surface area (Å²) in [5, 5.41) is 2.97. The summed E-state index contributed by atoms with van der Waals surface area (Å²) in [6.45, 7) is 2.66. The van der Waals surface area contributed by atoms with E-state index < -0.39 is 0 Å². The number of amides is 1. The van der Waals surface area contributed by atoms with Crippen molar-refractivity contribution in [1.82, 2.24) is 5.32 Å². The van der Waals surface area contributed by atoms with Crippen molar-refractivity contribution in [2.24, 2.45) is 0 Å². The second-order valence-corrected chi connectivity index (χ2v) is 5.75. The summed E-state index contributed by atoms with van der Waals surface area (Å²) in [5.41, 5.74) is 3.55. The number of carbonyl (C=O) groups is 1. The SMILES string of the molecule is Cc1ccccc1CNC(=O)CCc1cccc(Br)c1. The molecular formula is C17H18BrNO. The summed E-state index contributed by atoms with van der Waals surface area (Å²) in [6.07, 6.45) is 1.28. The lowest BCUT2D eigenvalue weighted by atomic mass is 10.1. The van der Waals surface area contributed by atoms with E-state index in [1.165, 1.54) is 16.7 Å². The van der Waals surface area contributed by atoms with E-state index in [9.17, 15) is 4.79 Å². The molecule has 0 bridgehead atoms. The molecule has 0 aliphatic rings. The van der Waals surface area contributed by atoms with Gasteiger partial charge in [0.25, 0.3) is 0 Å². The van der Waals surface area contributed by atoms with Crippen LogP contribution < -0.4 is 5.32 Å². The monoisotopic (exact) mass is 331 g/mol. The Labute approximate surface area is 128 Å². The maximum absolute atomic E-state index is 11.9. The van der Waals surface area contributed by atoms with E-state index in [-0.39, 0.29) is 5.91 Å². The molecule has 0 saturated carbocycles. The lowest BCUT2D eigenvalue weighted by molar-refractivity contribution is -0.121. The van der Waals surface area contributed by atoms with E-state index in [0.29, 0.717) is 13.0 Å². The molecule has 3 heteroatoms. The predicted octanol–water partition coefficient (Wildman–Crippen LogP) is 4.01. The van der Waals surface area contributed by atoms with Gasteiger partial charge in [0.05, 0.1) is 0 Å². The van der Waals surface area contributed by atoms with Crippen LogP contribution in [0.5, 0.6) is 0 Å². The van der Waals surface area contributed by atoms with Gasteiger partial charge in [-0.2, -0.15) is 0 Å². The Bertz CT molecular complexity index is 595. The van der Waals surface area contributed by atoms with Crippen molar-refractivity contribution in [3.05, 3.63) is 69.7 Å². The molecule has 0 atom stereocenters. The highest BCUT2D eigenvalue weighted by Gasteiger charge is 2.04. The lowest BCUT2D eigenvalue weighted by Crippen LogP contribution is -2.23. The fraction of sp³-hybridized carbons (Fsp3) is 0.235. The van der Waals surface area contributed by atoms with Crippen molar-refractivity contribution in [2.45, 2.75) is 26.3 Å². The molecule has 0 heterocycles. The summed E-state index contributed by atoms with van der Waals surface area (Å²) in [7, 11) is 0. The van der Waals surface area contributed by atoms with Crippen molar-refractivity contribution < 1.29 is 4.79 Å². The molecule has 1 N–H and O–H groups in total. The summed E-state index contributed by atoms with van der Waals surface area (Å²) in [4.78, 5) is 11.9. The molecular weight excluding hydrogens is 314 g/mol. The van der Waals surface area contributed by atoms with Gasteiger partial charge in [0, 0.05) is 17.4 Å². The van der Waals surface area contributed by atoms with Gasteiger partial charge in [-0.25, -0.2) is 0 Å². The van der Waals surface area contributed by atoms with Crippen LogP contribution in [0.15, 0.2) is 53.0 Å². The van der Waals surface area contributed by atoms with E-state index in [1.54, 1.807) is 0 Å². The van der Waals surface area contributed by atoms with Crippen molar-refractivity contribution in [3.8, 4) is 0 Å². The number of hydrogen-bond donors (Lipinski definition) is 1. The van der Waals surface area contributed by atoms with Gasteiger partial charge in [-0.15, -0.1) is 0 Å². The molecule has 2 rings (SSSR count). The quantitative estimate of drug-likeness (QED) is 0.881. The van der Waals surface area contributed by atoms with Gasteiger partial charge in [0.1, 0.15) is 0 Å². The minimum Gasteiger partial charge on any atom is -0.352 e. The van der Waals surface area contributed by atoms with Crippen LogP contribution in [0.3, 0.4) is 0 Å². The molecule has 0 unspecified atom stereocenters. The fourth-order valence-electron chi connectivity index (χ4n) is 2.04. The average molecular weight is 332 g/mol. The predicted molar refractivity (Wildman–Crippen MR) is 85.5 cm³/mol. The molecule has 0 spiro atoms. The maximum Gasteiger partial charge on any atom is 0.220 e. The van der Waals surface area contributed by atoms with E-state index >= 15 is 0 Å². The third-order valence-corrected chi connectivity index (χ3v) is 3.76. The number of carbonyl (C=O) groups excluding carboxylic acids is 1. The van der Waals surface area contributed by atoms with Gasteiger partial charge in [0.15, 0.2) is 0 Å². The van der Waals surface area contributed by atoms with E-state index in [4.69, 9.17) is 0 Å². The summed E-state index contributed by atoms with van der Waals surface area (Å²) >= 11 is 3.44. The van der Waals surface area contributed by atoms with Gasteiger partial charge in [-0.1, -0.05) is 52.3 Å². The molecule has 20 heavy (non-hydrogen) atoms. The van der Waals surface area contributed by atoms with Crippen molar-refractivity contribution in [1.29, 1.82) is 0 Å². The summed E-state index contributed by atoms with van der Waals surface area (Å²) in [6, 6.07) is 16.2. The molecule has 0 radical (unpaired) electrons. The molecule has 0 fully saturated rings. The number of hydrogen-bond acceptors (Lipinski definition) is 1. The van der Waals surface area contributed by atoms with Crippen molar-refractivity contribution >= 4 is 21.8 Å². The molecule has 0 aliphatic carbocycles. The van der Waals surface area contributed by atoms with Gasteiger partial charge in [-0.05, 0) is 42.2 Å². The molecule has 2 aromatic rings. The van der Waals surface area contributed by atoms with Gasteiger partial charge in [-0.3, -0.25) is 4.79 Å². The first kappa shape index (κ1) is 14.8. The molecule has 0 saturated heterocycles. The van der Waals surface area contributed by atoms with Crippen molar-refractivity contribution in [2.75, 3.05) is 0 Å². The van der Waals surface area contributed by atoms with Gasteiger partial charge >= 0.3 is 0 Å². The van der Waals surface area contributed by atoms with Crippen LogP contribution in [-0.2, 0) is 17.8 Å². The van der Waals surface area contributed by atoms with Gasteiger partial charge < -0.3 is 5.32 Å². The van der Waals surface area contributed by atoms with Crippen LogP contribution in [0.1, 0.15) is 23.1 Å². The highest BCUT2D eigenvalue weighted by atomic mass is 79.9. The number of halogens is 1. The Hall–Kier alpha value is -1.61. The standard InChI is InChI=1S/C17H18BrNO/c1-13-5-2-3-7-15(13)12-19-17(20)10-9-14-6-4-8-16(18)11-14/h2-8,11H,9-10,12H2,1H3,(H,19,20). The third kappa shape index (κ3) is 4.49. The summed E-state index contributed by atoms with van der Waals surface area (Å²) < 4.78 is 1.05. The topological polar surface area (TPSA) is 29.1 Å². The molecule has 2 aromatic carbocycles. The molecule has 104 valence electrons. The average Bonchev–Trinajstić information content (AvgIpc) is 2.44. The van der Waals surface area contributed by atoms with Crippen LogP contribution >= 0.6 is 15.9 Å². The number of rotatable bonds is 5. The normalized spacial score (nSPS) is 10.3. The van der Waals surface area contributed by atoms with E-state index in [1.807, 2.05) is 36.4 Å². The highest BCUT2D eigenvalue weighted by Crippen LogP contribution is 2.13. The fourth-order valence-corrected chi connectivity index (χ4v) is 2.49. The van der Waals surface area contributed by atoms with Crippen LogP contribution in [0.4, 0.5) is 0 Å². The third-order valence-electron chi connectivity index (χ3n) is 3.27. The Morgan fingerprint density at radius 3 is 2.70 bits per heavy atom. The Kier molecular flexibility index (Phi) is 5.36. The van der Waals surface area contributed by atoms with Crippen LogP contribution in [-0.4, -0.2) is 5.91 Å². The molecule has 1 amide bonds. The zero-order valence-corrected chi connectivity index (χ0v) is 13.1. The van der Waals surface area contributed by atoms with E-state index in [0.717, 1.165) is 10.9 Å². The maximum atomic E-state index is 11.9. The van der Waals surface area contributed by atoms with Crippen LogP contribution in [0.25, 0.3) is 0 Å². The Morgan fingerprint density at radius 1 is 1.15 bits per heavy atom. The largest absolute Gasteiger partial charge is 0.352 e. The first-order chi connectivity index (χ1) is 9.65. The molecule has 0 aromatic heterocycles. The molecule has 2 nitrogen and oxygen atoms in total. The lowest BCUT2D eigenvalue weighted by Gasteiger charge is -2.08. The second kappa shape index (κ2) is 7.25. The zero-order valence-electron chi connectivity index (χ0n) is 11.5. The Morgan fingerprint density at radius 2 is 1.95 bits per heavy atom.